The molecule has 8 heteroatoms. The lowest BCUT2D eigenvalue weighted by atomic mass is 10.1. The summed E-state index contributed by atoms with van der Waals surface area (Å²) in [7, 11) is -3.70. The van der Waals surface area contributed by atoms with Crippen LogP contribution in [0.2, 0.25) is 10.0 Å². The van der Waals surface area contributed by atoms with Gasteiger partial charge in [0.1, 0.15) is 0 Å². The second-order valence-electron chi connectivity index (χ2n) is 4.67. The Labute approximate surface area is 126 Å². The maximum atomic E-state index is 12.6. The topological polar surface area (TPSA) is 83.5 Å². The van der Waals surface area contributed by atoms with Crippen LogP contribution in [0.15, 0.2) is 23.1 Å². The highest BCUT2D eigenvalue weighted by atomic mass is 35.5. The molecule has 0 aromatic heterocycles. The number of halogens is 2. The highest BCUT2D eigenvalue weighted by Gasteiger charge is 2.42. The monoisotopic (exact) mass is 337 g/mol. The van der Waals surface area contributed by atoms with Crippen molar-refractivity contribution in [1.29, 1.82) is 0 Å². The van der Waals surface area contributed by atoms with Gasteiger partial charge in [0, 0.05) is 0 Å². The van der Waals surface area contributed by atoms with E-state index >= 15 is 0 Å². The Morgan fingerprint density at radius 1 is 1.25 bits per heavy atom. The molecule has 0 saturated heterocycles. The number of hydroxylamine groups is 1. The van der Waals surface area contributed by atoms with E-state index in [0.717, 1.165) is 0 Å². The van der Waals surface area contributed by atoms with Crippen molar-refractivity contribution in [2.75, 3.05) is 0 Å². The molecule has 1 aliphatic rings. The smallest absolute Gasteiger partial charge is 0.247 e. The molecule has 1 saturated carbocycles. The zero-order valence-corrected chi connectivity index (χ0v) is 12.7. The number of carbonyl (C=O) groups is 1. The maximum Gasteiger partial charge on any atom is 0.247 e. The minimum absolute atomic E-state index is 0.0366. The van der Waals surface area contributed by atoms with Crippen LogP contribution in [0.25, 0.3) is 0 Å². The van der Waals surface area contributed by atoms with E-state index in [1.54, 1.807) is 0 Å². The minimum atomic E-state index is -3.70. The van der Waals surface area contributed by atoms with Crippen LogP contribution in [-0.4, -0.2) is 24.8 Å². The Morgan fingerprint density at radius 3 is 2.55 bits per heavy atom. The molecule has 1 aliphatic carbocycles. The zero-order chi connectivity index (χ0) is 14.9. The predicted molar refractivity (Wildman–Crippen MR) is 74.7 cm³/mol. The summed E-state index contributed by atoms with van der Waals surface area (Å²) in [6, 6.07) is 4.06. The Hall–Kier alpha value is -0.820. The lowest BCUT2D eigenvalue weighted by Gasteiger charge is -2.18. The number of hydrogen-bond acceptors (Lipinski definition) is 4. The van der Waals surface area contributed by atoms with Crippen molar-refractivity contribution in [2.24, 2.45) is 5.92 Å². The summed E-state index contributed by atoms with van der Waals surface area (Å²) >= 11 is 11.6. The zero-order valence-electron chi connectivity index (χ0n) is 10.3. The van der Waals surface area contributed by atoms with Crippen molar-refractivity contribution in [3.8, 4) is 0 Å². The minimum Gasteiger partial charge on any atom is -0.289 e. The van der Waals surface area contributed by atoms with E-state index in [4.69, 9.17) is 28.4 Å². The van der Waals surface area contributed by atoms with Crippen molar-refractivity contribution in [2.45, 2.75) is 29.4 Å². The summed E-state index contributed by atoms with van der Waals surface area (Å²) in [6.45, 7) is 0. The molecule has 5 nitrogen and oxygen atoms in total. The number of amides is 1. The molecule has 20 heavy (non-hydrogen) atoms. The van der Waals surface area contributed by atoms with Crippen LogP contribution in [0.3, 0.4) is 0 Å². The van der Waals surface area contributed by atoms with E-state index in [9.17, 15) is 13.2 Å². The molecule has 1 aromatic rings. The molecule has 0 spiro atoms. The summed E-state index contributed by atoms with van der Waals surface area (Å²) in [5, 5.41) is 8.25. The fourth-order valence-electron chi connectivity index (χ4n) is 2.51. The maximum absolute atomic E-state index is 12.6. The van der Waals surface area contributed by atoms with Gasteiger partial charge in [0.2, 0.25) is 5.91 Å². The van der Waals surface area contributed by atoms with E-state index in [2.05, 4.69) is 0 Å². The number of hydrogen-bond donors (Lipinski definition) is 2. The van der Waals surface area contributed by atoms with Gasteiger partial charge in [-0.3, -0.25) is 10.0 Å². The first-order valence-corrected chi connectivity index (χ1v) is 8.31. The molecular weight excluding hydrogens is 325 g/mol. The summed E-state index contributed by atoms with van der Waals surface area (Å²) in [6.07, 6.45) is 1.42. The highest BCUT2D eigenvalue weighted by molar-refractivity contribution is 7.92. The van der Waals surface area contributed by atoms with Gasteiger partial charge in [-0.05, 0) is 31.0 Å². The van der Waals surface area contributed by atoms with E-state index in [-0.39, 0.29) is 14.9 Å². The molecule has 0 heterocycles. The van der Waals surface area contributed by atoms with Crippen molar-refractivity contribution >= 4 is 38.9 Å². The first-order chi connectivity index (χ1) is 9.37. The molecular formula is C12H13Cl2NO4S. The quantitative estimate of drug-likeness (QED) is 0.655. The summed E-state index contributed by atoms with van der Waals surface area (Å²) in [4.78, 5) is 11.6. The SMILES string of the molecule is O=C(NO)[C@H]1CCCC1S(=O)(=O)c1ccc(Cl)c(Cl)c1. The molecule has 2 rings (SSSR count). The number of nitrogens with one attached hydrogen (secondary N) is 1. The summed E-state index contributed by atoms with van der Waals surface area (Å²) in [5.74, 6) is -1.42. The number of benzene rings is 1. The standard InChI is InChI=1S/C12H13Cl2NO4S/c13-9-5-4-7(6-10(9)14)20(18,19)11-3-1-2-8(11)12(16)15-17/h4-6,8,11,17H,1-3H2,(H,15,16)/t8-,11?/m0/s1. The second-order valence-corrected chi connectivity index (χ2v) is 7.65. The number of carbonyl (C=O) groups excluding carboxylic acids is 1. The van der Waals surface area contributed by atoms with Gasteiger partial charge < -0.3 is 0 Å². The van der Waals surface area contributed by atoms with Crippen LogP contribution in [0.1, 0.15) is 19.3 Å². The Balaban J connectivity index is 2.38. The van der Waals surface area contributed by atoms with Crippen LogP contribution >= 0.6 is 23.2 Å². The molecule has 1 aromatic carbocycles. The predicted octanol–water partition coefficient (Wildman–Crippen LogP) is 2.44. The van der Waals surface area contributed by atoms with Crippen molar-refractivity contribution in [1.82, 2.24) is 5.48 Å². The van der Waals surface area contributed by atoms with Crippen molar-refractivity contribution in [3.05, 3.63) is 28.2 Å². The van der Waals surface area contributed by atoms with E-state index in [1.807, 2.05) is 0 Å². The first kappa shape index (κ1) is 15.6. The highest BCUT2D eigenvalue weighted by Crippen LogP contribution is 2.36. The van der Waals surface area contributed by atoms with Crippen LogP contribution in [0, 0.1) is 5.92 Å². The molecule has 0 radical (unpaired) electrons. The van der Waals surface area contributed by atoms with Gasteiger partial charge in [0.05, 0.1) is 26.1 Å². The summed E-state index contributed by atoms with van der Waals surface area (Å²) in [5.41, 5.74) is 1.53. The van der Waals surface area contributed by atoms with E-state index in [0.29, 0.717) is 19.3 Å². The Morgan fingerprint density at radius 2 is 1.95 bits per heavy atom. The van der Waals surface area contributed by atoms with Gasteiger partial charge in [-0.2, -0.15) is 0 Å². The normalized spacial score (nSPS) is 22.8. The number of rotatable bonds is 3. The molecule has 0 aliphatic heterocycles. The molecule has 1 amide bonds. The second kappa shape index (κ2) is 5.89. The fraction of sp³-hybridized carbons (Fsp3) is 0.417. The first-order valence-electron chi connectivity index (χ1n) is 6.01. The fourth-order valence-corrected chi connectivity index (χ4v) is 4.93. The van der Waals surface area contributed by atoms with Gasteiger partial charge in [-0.1, -0.05) is 29.6 Å². The Bertz CT molecular complexity index is 632. The molecule has 2 atom stereocenters. The molecule has 110 valence electrons. The average Bonchev–Trinajstić information content (AvgIpc) is 2.90. The van der Waals surface area contributed by atoms with Gasteiger partial charge in [0.25, 0.3) is 0 Å². The molecule has 1 unspecified atom stereocenters. The van der Waals surface area contributed by atoms with Crippen molar-refractivity contribution < 1.29 is 18.4 Å². The molecule has 0 bridgehead atoms. The van der Waals surface area contributed by atoms with Gasteiger partial charge >= 0.3 is 0 Å². The third-order valence-corrected chi connectivity index (χ3v) is 6.53. The van der Waals surface area contributed by atoms with Crippen LogP contribution in [0.5, 0.6) is 0 Å². The van der Waals surface area contributed by atoms with E-state index < -0.39 is 26.9 Å². The van der Waals surface area contributed by atoms with Crippen LogP contribution < -0.4 is 5.48 Å². The third kappa shape index (κ3) is 2.79. The lowest BCUT2D eigenvalue weighted by Crippen LogP contribution is -2.36. The molecule has 2 N–H and O–H groups in total. The lowest BCUT2D eigenvalue weighted by molar-refractivity contribution is -0.133. The van der Waals surface area contributed by atoms with Gasteiger partial charge in [-0.15, -0.1) is 0 Å². The largest absolute Gasteiger partial charge is 0.289 e. The average molecular weight is 338 g/mol. The van der Waals surface area contributed by atoms with Crippen molar-refractivity contribution in [3.63, 3.8) is 0 Å². The van der Waals surface area contributed by atoms with Crippen LogP contribution in [0.4, 0.5) is 0 Å². The Kier molecular flexibility index (Phi) is 4.59. The third-order valence-electron chi connectivity index (χ3n) is 3.52. The molecule has 1 fully saturated rings. The summed E-state index contributed by atoms with van der Waals surface area (Å²) < 4.78 is 25.1. The van der Waals surface area contributed by atoms with Gasteiger partial charge in [-0.25, -0.2) is 13.9 Å². The van der Waals surface area contributed by atoms with Crippen LogP contribution in [-0.2, 0) is 14.6 Å². The van der Waals surface area contributed by atoms with E-state index in [1.165, 1.54) is 23.7 Å². The van der Waals surface area contributed by atoms with Gasteiger partial charge in [0.15, 0.2) is 9.84 Å². The number of sulfone groups is 1.